The first-order chi connectivity index (χ1) is 19.5. The summed E-state index contributed by atoms with van der Waals surface area (Å²) in [6.07, 6.45) is -9.65. The number of carbonyl (C=O) groups is 6. The van der Waals surface area contributed by atoms with Gasteiger partial charge in [0.2, 0.25) is 5.82 Å². The summed E-state index contributed by atoms with van der Waals surface area (Å²) in [5, 5.41) is 0. The van der Waals surface area contributed by atoms with Crippen molar-refractivity contribution in [3.8, 4) is 0 Å². The van der Waals surface area contributed by atoms with Crippen molar-refractivity contribution in [2.75, 3.05) is 13.7 Å². The van der Waals surface area contributed by atoms with Crippen LogP contribution in [0.5, 0.6) is 0 Å². The molecule has 0 aromatic carbocycles. The van der Waals surface area contributed by atoms with Crippen LogP contribution in [0.2, 0.25) is 0 Å². The zero-order chi connectivity index (χ0) is 31.9. The van der Waals surface area contributed by atoms with Gasteiger partial charge in [0.05, 0.1) is 13.3 Å². The maximum atomic E-state index is 14.4. The number of halogens is 1. The van der Waals surface area contributed by atoms with E-state index in [4.69, 9.17) is 33.2 Å². The Labute approximate surface area is 236 Å². The van der Waals surface area contributed by atoms with Gasteiger partial charge >= 0.3 is 41.5 Å². The Morgan fingerprint density at radius 2 is 1.57 bits per heavy atom. The molecular weight excluding hydrogens is 575 g/mol. The van der Waals surface area contributed by atoms with E-state index >= 15 is 0 Å². The predicted molar refractivity (Wildman–Crippen MR) is 130 cm³/mol. The molecule has 1 aliphatic rings. The molecule has 0 radical (unpaired) electrons. The fraction of sp³-hybridized carbons (Fsp3) is 0.583. The predicted octanol–water partition coefficient (Wildman–Crippen LogP) is -1.42. The fourth-order valence-electron chi connectivity index (χ4n) is 4.27. The highest BCUT2D eigenvalue weighted by Gasteiger charge is 2.60. The van der Waals surface area contributed by atoms with Crippen LogP contribution in [0.15, 0.2) is 15.8 Å². The average molecular weight is 604 g/mol. The Hall–Kier alpha value is -4.61. The number of aromatic amines is 1. The number of ether oxygens (including phenoxy) is 7. The highest BCUT2D eigenvalue weighted by atomic mass is 19.1. The van der Waals surface area contributed by atoms with Crippen LogP contribution >= 0.6 is 0 Å². The molecule has 1 N–H and O–H groups in total. The Kier molecular flexibility index (Phi) is 11.1. The molecule has 42 heavy (non-hydrogen) atoms. The van der Waals surface area contributed by atoms with E-state index in [0.717, 1.165) is 41.7 Å². The Bertz CT molecular complexity index is 1350. The molecule has 2 heterocycles. The highest BCUT2D eigenvalue weighted by Crippen LogP contribution is 2.39. The summed E-state index contributed by atoms with van der Waals surface area (Å²) >= 11 is 0. The quantitative estimate of drug-likeness (QED) is 0.239. The Morgan fingerprint density at radius 3 is 2.07 bits per heavy atom. The molecule has 0 saturated carbocycles. The third-order valence-electron chi connectivity index (χ3n) is 5.67. The van der Waals surface area contributed by atoms with E-state index in [1.165, 1.54) is 0 Å². The number of rotatable bonds is 10. The molecule has 0 unspecified atom stereocenters. The van der Waals surface area contributed by atoms with Crippen LogP contribution in [-0.4, -0.2) is 89.6 Å². The summed E-state index contributed by atoms with van der Waals surface area (Å²) in [7, 11) is 0.862. The summed E-state index contributed by atoms with van der Waals surface area (Å²) in [6.45, 7) is 4.03. The van der Waals surface area contributed by atoms with Crippen molar-refractivity contribution in [2.45, 2.75) is 77.3 Å². The van der Waals surface area contributed by atoms with E-state index < -0.39 is 102 Å². The molecule has 1 fully saturated rings. The van der Waals surface area contributed by atoms with E-state index in [0.29, 0.717) is 10.8 Å². The number of H-pyrrole nitrogens is 1. The average Bonchev–Trinajstić information content (AvgIpc) is 2.87. The monoisotopic (exact) mass is 604 g/mol. The first kappa shape index (κ1) is 33.6. The summed E-state index contributed by atoms with van der Waals surface area (Å²) in [4.78, 5) is 99.5. The highest BCUT2D eigenvalue weighted by molar-refractivity contribution is 5.78. The molecule has 1 aromatic heterocycles. The number of aromatic nitrogens is 2. The minimum Gasteiger partial charge on any atom is -0.465 e. The third-order valence-corrected chi connectivity index (χ3v) is 5.67. The van der Waals surface area contributed by atoms with E-state index in [9.17, 15) is 42.7 Å². The second-order valence-corrected chi connectivity index (χ2v) is 8.92. The number of hydrogen-bond acceptors (Lipinski definition) is 15. The molecule has 0 spiro atoms. The lowest BCUT2D eigenvalue weighted by molar-refractivity contribution is -0.287. The van der Waals surface area contributed by atoms with Crippen molar-refractivity contribution in [3.05, 3.63) is 32.9 Å². The summed E-state index contributed by atoms with van der Waals surface area (Å²) in [5.74, 6) is -7.81. The van der Waals surface area contributed by atoms with Crippen molar-refractivity contribution in [1.82, 2.24) is 9.55 Å². The molecule has 1 saturated heterocycles. The SMILES string of the molecule is COC(=O)[C@@]1(n2cc(F)c(=O)[nH]c2=O)C[C@H](OC(C)=O)[C@@H](OC(C)=O)[C@H]([C@H](OC(C)=O)[C@@H](COC(C)=O)OC(C)=O)O1. The van der Waals surface area contributed by atoms with E-state index in [-0.39, 0.29) is 0 Å². The number of nitrogens with one attached hydrogen (secondary N) is 1. The van der Waals surface area contributed by atoms with Crippen LogP contribution in [0.3, 0.4) is 0 Å². The summed E-state index contributed by atoms with van der Waals surface area (Å²) in [5.41, 5.74) is -5.63. The molecule has 1 aromatic rings. The van der Waals surface area contributed by atoms with Crippen molar-refractivity contribution in [1.29, 1.82) is 0 Å². The molecule has 0 bridgehead atoms. The van der Waals surface area contributed by atoms with Crippen LogP contribution in [0.25, 0.3) is 0 Å². The van der Waals surface area contributed by atoms with Crippen molar-refractivity contribution < 1.29 is 66.3 Å². The standard InChI is InChI=1S/C24H29FN2O15/c1-10(28)37-9-17(39-12(3)30)19(41-14(5)32)20-18(40-13(4)31)16(38-11(2)29)7-24(42-20,22(34)36-6)27-8-15(25)21(33)26-23(27)35/h8,16-20H,7,9H2,1-6H3,(H,26,33,35)/t16-,17+,18+,19+,20+,24+/m0/s1. The number of methoxy groups -OCH3 is 1. The normalized spacial score (nSPS) is 23.0. The number of nitrogens with zero attached hydrogens (tertiary/aromatic N) is 1. The van der Waals surface area contributed by atoms with Crippen LogP contribution in [0.4, 0.5) is 4.39 Å². The van der Waals surface area contributed by atoms with Gasteiger partial charge in [-0.1, -0.05) is 0 Å². The topological polar surface area (TPSA) is 222 Å². The van der Waals surface area contributed by atoms with Gasteiger partial charge in [-0.05, 0) is 0 Å². The second-order valence-electron chi connectivity index (χ2n) is 8.92. The number of hydrogen-bond donors (Lipinski definition) is 1. The first-order valence-electron chi connectivity index (χ1n) is 12.1. The van der Waals surface area contributed by atoms with Crippen molar-refractivity contribution in [3.63, 3.8) is 0 Å². The van der Waals surface area contributed by atoms with Gasteiger partial charge in [0.1, 0.15) is 18.8 Å². The van der Waals surface area contributed by atoms with Crippen LogP contribution in [0, 0.1) is 5.82 Å². The molecule has 0 aliphatic carbocycles. The zero-order valence-electron chi connectivity index (χ0n) is 23.3. The molecule has 18 heteroatoms. The van der Waals surface area contributed by atoms with E-state index in [1.807, 2.05) is 0 Å². The van der Waals surface area contributed by atoms with Gasteiger partial charge in [0.25, 0.3) is 11.3 Å². The van der Waals surface area contributed by atoms with Gasteiger partial charge in [-0.3, -0.25) is 38.3 Å². The molecule has 2 rings (SSSR count). The minimum absolute atomic E-state index is 0.292. The Balaban J connectivity index is 2.95. The van der Waals surface area contributed by atoms with Gasteiger partial charge in [0.15, 0.2) is 18.3 Å². The number of carbonyl (C=O) groups excluding carboxylic acids is 6. The van der Waals surface area contributed by atoms with Gasteiger partial charge in [-0.25, -0.2) is 9.59 Å². The lowest BCUT2D eigenvalue weighted by Gasteiger charge is -2.48. The first-order valence-corrected chi connectivity index (χ1v) is 12.1. The van der Waals surface area contributed by atoms with Crippen LogP contribution in [-0.2, 0) is 67.7 Å². The van der Waals surface area contributed by atoms with Gasteiger partial charge in [0, 0.05) is 41.0 Å². The largest absolute Gasteiger partial charge is 0.465 e. The maximum absolute atomic E-state index is 14.4. The smallest absolute Gasteiger partial charge is 0.360 e. The maximum Gasteiger partial charge on any atom is 0.360 e. The van der Waals surface area contributed by atoms with Crippen molar-refractivity contribution >= 4 is 35.8 Å². The lowest BCUT2D eigenvalue weighted by Crippen LogP contribution is -2.67. The van der Waals surface area contributed by atoms with Crippen molar-refractivity contribution in [2.24, 2.45) is 0 Å². The third kappa shape index (κ3) is 7.99. The molecule has 0 amide bonds. The molecule has 232 valence electrons. The molecule has 17 nitrogen and oxygen atoms in total. The van der Waals surface area contributed by atoms with Gasteiger partial charge < -0.3 is 33.2 Å². The number of esters is 6. The second kappa shape index (κ2) is 13.8. The fourth-order valence-corrected chi connectivity index (χ4v) is 4.27. The zero-order valence-corrected chi connectivity index (χ0v) is 23.3. The van der Waals surface area contributed by atoms with E-state index in [2.05, 4.69) is 0 Å². The molecular formula is C24H29FN2O15. The Morgan fingerprint density at radius 1 is 0.976 bits per heavy atom. The summed E-state index contributed by atoms with van der Waals surface area (Å²) < 4.78 is 51.6. The van der Waals surface area contributed by atoms with Gasteiger partial charge in [-0.2, -0.15) is 4.39 Å². The van der Waals surface area contributed by atoms with Crippen LogP contribution < -0.4 is 11.2 Å². The van der Waals surface area contributed by atoms with Crippen LogP contribution in [0.1, 0.15) is 41.0 Å². The lowest BCUT2D eigenvalue weighted by atomic mass is 9.88. The van der Waals surface area contributed by atoms with E-state index in [1.54, 1.807) is 4.98 Å². The molecule has 6 atom stereocenters. The minimum atomic E-state index is -2.79. The van der Waals surface area contributed by atoms with Gasteiger partial charge in [-0.15, -0.1) is 0 Å². The summed E-state index contributed by atoms with van der Waals surface area (Å²) in [6, 6.07) is 0. The molecule has 1 aliphatic heterocycles.